The summed E-state index contributed by atoms with van der Waals surface area (Å²) in [6.07, 6.45) is 10.3. The van der Waals surface area contributed by atoms with Crippen LogP contribution in [0.5, 0.6) is 0 Å². The molecule has 1 saturated carbocycles. The molecule has 2 fully saturated rings. The number of ether oxygens (including phenoxy) is 1. The number of piperidine rings is 1. The lowest BCUT2D eigenvalue weighted by Crippen LogP contribution is -2.39. The highest BCUT2D eigenvalue weighted by molar-refractivity contribution is 5.43. The molecular weight excluding hydrogens is 250 g/mol. The van der Waals surface area contributed by atoms with E-state index < -0.39 is 0 Å². The van der Waals surface area contributed by atoms with E-state index in [1.807, 2.05) is 20.0 Å². The molecule has 0 N–H and O–H groups in total. The molecule has 0 unspecified atom stereocenters. The Balaban J connectivity index is 1.56. The van der Waals surface area contributed by atoms with Gasteiger partial charge in [-0.2, -0.15) is 0 Å². The number of anilines is 1. The third-order valence-electron chi connectivity index (χ3n) is 4.48. The monoisotopic (exact) mass is 275 g/mol. The Labute approximate surface area is 121 Å². The topological polar surface area (TPSA) is 38.2 Å². The molecule has 2 heterocycles. The summed E-state index contributed by atoms with van der Waals surface area (Å²) in [5.41, 5.74) is 2.03. The van der Waals surface area contributed by atoms with E-state index in [1.54, 1.807) is 0 Å². The molecule has 1 aromatic heterocycles. The van der Waals surface area contributed by atoms with Crippen LogP contribution in [0.4, 0.5) is 5.82 Å². The van der Waals surface area contributed by atoms with Crippen molar-refractivity contribution in [3.05, 3.63) is 17.6 Å². The summed E-state index contributed by atoms with van der Waals surface area (Å²) >= 11 is 0. The average molecular weight is 275 g/mol. The number of rotatable bonds is 3. The molecule has 4 nitrogen and oxygen atoms in total. The van der Waals surface area contributed by atoms with Gasteiger partial charge >= 0.3 is 0 Å². The van der Waals surface area contributed by atoms with Crippen LogP contribution in [0, 0.1) is 13.8 Å². The summed E-state index contributed by atoms with van der Waals surface area (Å²) in [4.78, 5) is 11.4. The molecule has 1 aliphatic carbocycles. The van der Waals surface area contributed by atoms with Crippen molar-refractivity contribution in [1.82, 2.24) is 9.97 Å². The highest BCUT2D eigenvalue weighted by Gasteiger charge is 2.25. The fraction of sp³-hybridized carbons (Fsp3) is 0.750. The third-order valence-corrected chi connectivity index (χ3v) is 4.48. The summed E-state index contributed by atoms with van der Waals surface area (Å²) in [7, 11) is 0. The minimum atomic E-state index is 0.451. The minimum Gasteiger partial charge on any atom is -0.375 e. The fourth-order valence-electron chi connectivity index (χ4n) is 3.32. The van der Waals surface area contributed by atoms with Crippen LogP contribution in [0.25, 0.3) is 0 Å². The van der Waals surface area contributed by atoms with Gasteiger partial charge in [-0.3, -0.25) is 4.98 Å². The first kappa shape index (κ1) is 13.8. The van der Waals surface area contributed by atoms with Crippen molar-refractivity contribution in [3.63, 3.8) is 0 Å². The van der Waals surface area contributed by atoms with Crippen LogP contribution in [-0.2, 0) is 4.74 Å². The van der Waals surface area contributed by atoms with Gasteiger partial charge in [-0.25, -0.2) is 4.98 Å². The molecule has 0 radical (unpaired) electrons. The molecule has 0 amide bonds. The number of aromatic nitrogens is 2. The van der Waals surface area contributed by atoms with Gasteiger partial charge in [0, 0.05) is 19.3 Å². The number of hydrogen-bond donors (Lipinski definition) is 0. The second-order valence-electron chi connectivity index (χ2n) is 6.15. The third kappa shape index (κ3) is 3.11. The van der Waals surface area contributed by atoms with Crippen LogP contribution >= 0.6 is 0 Å². The molecule has 0 aromatic carbocycles. The van der Waals surface area contributed by atoms with E-state index in [4.69, 9.17) is 4.74 Å². The van der Waals surface area contributed by atoms with Crippen molar-refractivity contribution in [2.45, 2.75) is 64.6 Å². The Morgan fingerprint density at radius 3 is 2.40 bits per heavy atom. The first-order valence-corrected chi connectivity index (χ1v) is 7.93. The van der Waals surface area contributed by atoms with Gasteiger partial charge in [-0.1, -0.05) is 12.8 Å². The minimum absolute atomic E-state index is 0.451. The zero-order valence-corrected chi connectivity index (χ0v) is 12.6. The Bertz CT molecular complexity index is 449. The Morgan fingerprint density at radius 1 is 1.05 bits per heavy atom. The molecule has 1 saturated heterocycles. The Hall–Kier alpha value is -1.16. The van der Waals surface area contributed by atoms with Crippen LogP contribution in [0.3, 0.4) is 0 Å². The van der Waals surface area contributed by atoms with E-state index in [0.717, 1.165) is 43.1 Å². The SMILES string of the molecule is Cc1cnc(C)c(N2CCC(OC3CCCC3)CC2)n1. The largest absolute Gasteiger partial charge is 0.375 e. The second-order valence-corrected chi connectivity index (χ2v) is 6.15. The number of aryl methyl sites for hydroxylation is 2. The quantitative estimate of drug-likeness (QED) is 0.850. The van der Waals surface area contributed by atoms with Crippen molar-refractivity contribution in [3.8, 4) is 0 Å². The van der Waals surface area contributed by atoms with E-state index in [-0.39, 0.29) is 0 Å². The zero-order valence-electron chi connectivity index (χ0n) is 12.6. The standard InChI is InChI=1S/C16H25N3O/c1-12-11-17-13(2)16(18-12)19-9-7-15(8-10-19)20-14-5-3-4-6-14/h11,14-15H,3-10H2,1-2H3. The molecule has 1 aliphatic heterocycles. The van der Waals surface area contributed by atoms with E-state index in [0.29, 0.717) is 12.2 Å². The summed E-state index contributed by atoms with van der Waals surface area (Å²) in [5.74, 6) is 1.06. The van der Waals surface area contributed by atoms with Crippen LogP contribution in [0.15, 0.2) is 6.20 Å². The average Bonchev–Trinajstić information content (AvgIpc) is 2.95. The fourth-order valence-corrected chi connectivity index (χ4v) is 3.32. The van der Waals surface area contributed by atoms with Crippen LogP contribution in [0.2, 0.25) is 0 Å². The van der Waals surface area contributed by atoms with E-state index >= 15 is 0 Å². The molecule has 4 heteroatoms. The normalized spacial score (nSPS) is 21.6. The van der Waals surface area contributed by atoms with E-state index in [1.165, 1.54) is 25.7 Å². The van der Waals surface area contributed by atoms with Crippen molar-refractivity contribution in [1.29, 1.82) is 0 Å². The molecular formula is C16H25N3O. The lowest BCUT2D eigenvalue weighted by Gasteiger charge is -2.34. The first-order valence-electron chi connectivity index (χ1n) is 7.93. The number of nitrogens with zero attached hydrogens (tertiary/aromatic N) is 3. The molecule has 0 atom stereocenters. The highest BCUT2D eigenvalue weighted by Crippen LogP contribution is 2.27. The molecule has 0 bridgehead atoms. The van der Waals surface area contributed by atoms with E-state index in [2.05, 4.69) is 14.9 Å². The van der Waals surface area contributed by atoms with E-state index in [9.17, 15) is 0 Å². The van der Waals surface area contributed by atoms with Gasteiger partial charge in [0.05, 0.1) is 23.6 Å². The highest BCUT2D eigenvalue weighted by atomic mass is 16.5. The maximum atomic E-state index is 6.23. The van der Waals surface area contributed by atoms with Crippen molar-refractivity contribution in [2.24, 2.45) is 0 Å². The van der Waals surface area contributed by atoms with Crippen LogP contribution < -0.4 is 4.90 Å². The summed E-state index contributed by atoms with van der Waals surface area (Å²) < 4.78 is 6.23. The molecule has 1 aromatic rings. The van der Waals surface area contributed by atoms with Crippen LogP contribution in [0.1, 0.15) is 49.9 Å². The Kier molecular flexibility index (Phi) is 4.20. The van der Waals surface area contributed by atoms with Gasteiger partial charge in [0.2, 0.25) is 0 Å². The maximum Gasteiger partial charge on any atom is 0.150 e. The lowest BCUT2D eigenvalue weighted by atomic mass is 10.1. The summed E-state index contributed by atoms with van der Waals surface area (Å²) in [5, 5.41) is 0. The number of hydrogen-bond acceptors (Lipinski definition) is 4. The van der Waals surface area contributed by atoms with Crippen molar-refractivity contribution >= 4 is 5.82 Å². The lowest BCUT2D eigenvalue weighted by molar-refractivity contribution is -0.0195. The van der Waals surface area contributed by atoms with Crippen LogP contribution in [-0.4, -0.2) is 35.3 Å². The smallest absolute Gasteiger partial charge is 0.150 e. The van der Waals surface area contributed by atoms with Gasteiger partial charge in [0.15, 0.2) is 0 Å². The summed E-state index contributed by atoms with van der Waals surface area (Å²) in [6.45, 7) is 6.13. The van der Waals surface area contributed by atoms with Gasteiger partial charge in [-0.15, -0.1) is 0 Å². The zero-order chi connectivity index (χ0) is 13.9. The molecule has 2 aliphatic rings. The van der Waals surface area contributed by atoms with Gasteiger partial charge in [-0.05, 0) is 39.5 Å². The van der Waals surface area contributed by atoms with Gasteiger partial charge < -0.3 is 9.64 Å². The van der Waals surface area contributed by atoms with Crippen molar-refractivity contribution < 1.29 is 4.74 Å². The first-order chi connectivity index (χ1) is 9.72. The molecule has 3 rings (SSSR count). The predicted octanol–water partition coefficient (Wildman–Crippen LogP) is 3.02. The van der Waals surface area contributed by atoms with Gasteiger partial charge in [0.25, 0.3) is 0 Å². The summed E-state index contributed by atoms with van der Waals surface area (Å²) in [6, 6.07) is 0. The molecule has 110 valence electrons. The molecule has 20 heavy (non-hydrogen) atoms. The Morgan fingerprint density at radius 2 is 1.70 bits per heavy atom. The van der Waals surface area contributed by atoms with Gasteiger partial charge in [0.1, 0.15) is 5.82 Å². The predicted molar refractivity (Wildman–Crippen MR) is 80.1 cm³/mol. The van der Waals surface area contributed by atoms with Crippen molar-refractivity contribution in [2.75, 3.05) is 18.0 Å². The maximum absolute atomic E-state index is 6.23. The second kappa shape index (κ2) is 6.08. The molecule has 0 spiro atoms.